The Hall–Kier alpha value is -1.70. The molecule has 1 saturated heterocycles. The molecule has 0 radical (unpaired) electrons. The van der Waals surface area contributed by atoms with E-state index in [9.17, 15) is 0 Å². The minimum absolute atomic E-state index is 0.207. The molecule has 4 rings (SSSR count). The molecule has 1 aliphatic rings. The maximum absolute atomic E-state index is 6.32. The number of halogens is 1. The van der Waals surface area contributed by atoms with Crippen LogP contribution in [-0.2, 0) is 17.0 Å². The van der Waals surface area contributed by atoms with Gasteiger partial charge in [-0.25, -0.2) is 9.67 Å². The Morgan fingerprint density at radius 1 is 1.33 bits per heavy atom. The van der Waals surface area contributed by atoms with Gasteiger partial charge in [-0.05, 0) is 35.4 Å². The van der Waals surface area contributed by atoms with E-state index in [2.05, 4.69) is 26.6 Å². The molecule has 1 fully saturated rings. The first-order valence-electron chi connectivity index (χ1n) is 7.84. The SMILES string of the molecule is Clc1nc2ccccc2cc1CSc1nnnn1CC1CCCO1. The van der Waals surface area contributed by atoms with Gasteiger partial charge in [0.2, 0.25) is 5.16 Å². The van der Waals surface area contributed by atoms with E-state index in [1.165, 1.54) is 0 Å². The van der Waals surface area contributed by atoms with Crippen LogP contribution in [0.5, 0.6) is 0 Å². The summed E-state index contributed by atoms with van der Waals surface area (Å²) < 4.78 is 7.46. The first kappa shape index (κ1) is 15.8. The van der Waals surface area contributed by atoms with Crippen LogP contribution >= 0.6 is 23.4 Å². The maximum Gasteiger partial charge on any atom is 0.209 e. The zero-order valence-electron chi connectivity index (χ0n) is 12.9. The van der Waals surface area contributed by atoms with E-state index >= 15 is 0 Å². The third-order valence-electron chi connectivity index (χ3n) is 4.01. The number of fused-ring (bicyclic) bond motifs is 1. The molecule has 0 saturated carbocycles. The number of para-hydroxylation sites is 1. The topological polar surface area (TPSA) is 65.7 Å². The molecule has 124 valence electrons. The third kappa shape index (κ3) is 3.38. The predicted molar refractivity (Wildman–Crippen MR) is 93.1 cm³/mol. The summed E-state index contributed by atoms with van der Waals surface area (Å²) in [6.07, 6.45) is 2.37. The molecule has 0 spiro atoms. The van der Waals surface area contributed by atoms with E-state index < -0.39 is 0 Å². The lowest BCUT2D eigenvalue weighted by molar-refractivity contribution is 0.0912. The van der Waals surface area contributed by atoms with Gasteiger partial charge in [0.25, 0.3) is 0 Å². The predicted octanol–water partition coefficient (Wildman–Crippen LogP) is 3.35. The lowest BCUT2D eigenvalue weighted by Crippen LogP contribution is -2.16. The summed E-state index contributed by atoms with van der Waals surface area (Å²) >= 11 is 7.88. The number of benzene rings is 1. The summed E-state index contributed by atoms with van der Waals surface area (Å²) in [4.78, 5) is 4.45. The molecule has 0 N–H and O–H groups in total. The van der Waals surface area contributed by atoms with Crippen molar-refractivity contribution in [1.82, 2.24) is 25.2 Å². The number of nitrogens with zero attached hydrogens (tertiary/aromatic N) is 5. The number of hydrogen-bond donors (Lipinski definition) is 0. The fourth-order valence-electron chi connectivity index (χ4n) is 2.78. The third-order valence-corrected chi connectivity index (χ3v) is 5.34. The van der Waals surface area contributed by atoms with Crippen LogP contribution in [0.2, 0.25) is 5.15 Å². The van der Waals surface area contributed by atoms with E-state index in [0.717, 1.165) is 41.1 Å². The normalized spacial score (nSPS) is 17.6. The molecule has 8 heteroatoms. The summed E-state index contributed by atoms with van der Waals surface area (Å²) in [5.41, 5.74) is 1.88. The molecule has 3 heterocycles. The van der Waals surface area contributed by atoms with Crippen molar-refractivity contribution in [2.75, 3.05) is 6.61 Å². The average molecular weight is 362 g/mol. The van der Waals surface area contributed by atoms with Crippen LogP contribution in [0.4, 0.5) is 0 Å². The van der Waals surface area contributed by atoms with Crippen molar-refractivity contribution < 1.29 is 4.74 Å². The van der Waals surface area contributed by atoms with Crippen molar-refractivity contribution in [3.05, 3.63) is 41.0 Å². The quantitative estimate of drug-likeness (QED) is 0.513. The Balaban J connectivity index is 1.49. The van der Waals surface area contributed by atoms with Gasteiger partial charge in [-0.2, -0.15) is 0 Å². The zero-order chi connectivity index (χ0) is 16.4. The van der Waals surface area contributed by atoms with E-state index in [-0.39, 0.29) is 6.10 Å². The van der Waals surface area contributed by atoms with Gasteiger partial charge < -0.3 is 4.74 Å². The smallest absolute Gasteiger partial charge is 0.209 e. The van der Waals surface area contributed by atoms with E-state index in [1.54, 1.807) is 11.8 Å². The Labute approximate surface area is 148 Å². The van der Waals surface area contributed by atoms with Crippen LogP contribution < -0.4 is 0 Å². The minimum Gasteiger partial charge on any atom is -0.376 e. The van der Waals surface area contributed by atoms with Gasteiger partial charge in [0, 0.05) is 23.3 Å². The van der Waals surface area contributed by atoms with Crippen LogP contribution in [-0.4, -0.2) is 37.9 Å². The maximum atomic E-state index is 6.32. The highest BCUT2D eigenvalue weighted by Gasteiger charge is 2.19. The number of aromatic nitrogens is 5. The van der Waals surface area contributed by atoms with Gasteiger partial charge in [0.1, 0.15) is 5.15 Å². The highest BCUT2D eigenvalue weighted by molar-refractivity contribution is 7.98. The Morgan fingerprint density at radius 3 is 3.12 bits per heavy atom. The second kappa shape index (κ2) is 7.04. The molecule has 1 unspecified atom stereocenters. The number of hydrogen-bond acceptors (Lipinski definition) is 6. The Kier molecular flexibility index (Phi) is 4.64. The van der Waals surface area contributed by atoms with Crippen LogP contribution in [0, 0.1) is 0 Å². The lowest BCUT2D eigenvalue weighted by atomic mass is 10.2. The fourth-order valence-corrected chi connectivity index (χ4v) is 3.93. The fraction of sp³-hybridized carbons (Fsp3) is 0.375. The highest BCUT2D eigenvalue weighted by Crippen LogP contribution is 2.27. The average Bonchev–Trinajstić information content (AvgIpc) is 3.25. The standard InChI is InChI=1S/C16H16ClN5OS/c17-15-12(8-11-4-1-2-6-14(11)18-15)10-24-16-19-20-21-22(16)9-13-5-3-7-23-13/h1-2,4,6,8,13H,3,5,7,9-10H2. The summed E-state index contributed by atoms with van der Waals surface area (Å²) in [5.74, 6) is 0.669. The molecular weight excluding hydrogens is 346 g/mol. The van der Waals surface area contributed by atoms with Crippen molar-refractivity contribution in [3.8, 4) is 0 Å². The second-order valence-corrected chi connectivity index (χ2v) is 7.00. The monoisotopic (exact) mass is 361 g/mol. The van der Waals surface area contributed by atoms with Gasteiger partial charge in [-0.1, -0.05) is 41.6 Å². The summed E-state index contributed by atoms with van der Waals surface area (Å²) in [6, 6.07) is 10.0. The molecular formula is C16H16ClN5OS. The van der Waals surface area contributed by atoms with Crippen LogP contribution in [0.25, 0.3) is 10.9 Å². The highest BCUT2D eigenvalue weighted by atomic mass is 35.5. The van der Waals surface area contributed by atoms with E-state index in [4.69, 9.17) is 16.3 Å². The molecule has 0 aliphatic carbocycles. The molecule has 24 heavy (non-hydrogen) atoms. The van der Waals surface area contributed by atoms with Crippen LogP contribution in [0.15, 0.2) is 35.5 Å². The van der Waals surface area contributed by atoms with Crippen molar-refractivity contribution in [1.29, 1.82) is 0 Å². The molecule has 0 bridgehead atoms. The summed E-state index contributed by atoms with van der Waals surface area (Å²) in [6.45, 7) is 1.52. The molecule has 1 aromatic carbocycles. The molecule has 2 aromatic heterocycles. The van der Waals surface area contributed by atoms with Gasteiger partial charge in [-0.15, -0.1) is 5.10 Å². The summed E-state index contributed by atoms with van der Waals surface area (Å²) in [7, 11) is 0. The summed E-state index contributed by atoms with van der Waals surface area (Å²) in [5, 5.41) is 14.3. The van der Waals surface area contributed by atoms with Gasteiger partial charge in [-0.3, -0.25) is 0 Å². The molecule has 6 nitrogen and oxygen atoms in total. The van der Waals surface area contributed by atoms with Crippen molar-refractivity contribution in [2.45, 2.75) is 36.4 Å². The van der Waals surface area contributed by atoms with Crippen molar-refractivity contribution >= 4 is 34.3 Å². The number of pyridine rings is 1. The Bertz CT molecular complexity index is 849. The first-order chi connectivity index (χ1) is 11.8. The van der Waals surface area contributed by atoms with Crippen molar-refractivity contribution in [2.24, 2.45) is 0 Å². The lowest BCUT2D eigenvalue weighted by Gasteiger charge is -2.10. The zero-order valence-corrected chi connectivity index (χ0v) is 14.5. The van der Waals surface area contributed by atoms with Gasteiger partial charge in [0.05, 0.1) is 18.2 Å². The molecule has 1 atom stereocenters. The van der Waals surface area contributed by atoms with E-state index in [0.29, 0.717) is 17.5 Å². The van der Waals surface area contributed by atoms with Crippen LogP contribution in [0.3, 0.4) is 0 Å². The first-order valence-corrected chi connectivity index (χ1v) is 9.21. The van der Waals surface area contributed by atoms with E-state index in [1.807, 2.05) is 28.9 Å². The van der Waals surface area contributed by atoms with Gasteiger partial charge in [0.15, 0.2) is 0 Å². The van der Waals surface area contributed by atoms with Crippen molar-refractivity contribution in [3.63, 3.8) is 0 Å². The number of rotatable bonds is 5. The van der Waals surface area contributed by atoms with Gasteiger partial charge >= 0.3 is 0 Å². The number of thioether (sulfide) groups is 1. The second-order valence-electron chi connectivity index (χ2n) is 5.70. The molecule has 3 aromatic rings. The number of tetrazole rings is 1. The minimum atomic E-state index is 0.207. The largest absolute Gasteiger partial charge is 0.376 e. The molecule has 1 aliphatic heterocycles. The molecule has 0 amide bonds. The van der Waals surface area contributed by atoms with Crippen LogP contribution in [0.1, 0.15) is 18.4 Å². The number of ether oxygens (including phenoxy) is 1. The Morgan fingerprint density at radius 2 is 2.25 bits per heavy atom.